The van der Waals surface area contributed by atoms with Crippen LogP contribution in [0, 0.1) is 11.8 Å². The topological polar surface area (TPSA) is 122 Å². The van der Waals surface area contributed by atoms with Crippen molar-refractivity contribution in [3.8, 4) is 11.1 Å². The fraction of sp³-hybridized carbons (Fsp3) is 0.389. The SMILES string of the molecule is CCCc1nc2ccc(N3CCN(C(=O)C4CC4)CC3)cc2c(=O)n1Cc1ccc(-c2ccccc2S(=O)(=O)NC(=O)C2CC2)cc1. The van der Waals surface area contributed by atoms with Gasteiger partial charge < -0.3 is 9.80 Å². The van der Waals surface area contributed by atoms with Crippen molar-refractivity contribution in [2.75, 3.05) is 31.1 Å². The summed E-state index contributed by atoms with van der Waals surface area (Å²) in [5.74, 6) is 0.531. The Balaban J connectivity index is 1.13. The molecule has 1 N–H and O–H groups in total. The summed E-state index contributed by atoms with van der Waals surface area (Å²) >= 11 is 0. The van der Waals surface area contributed by atoms with Gasteiger partial charge in [0.05, 0.1) is 22.3 Å². The number of carbonyl (C=O) groups excluding carboxylic acids is 2. The van der Waals surface area contributed by atoms with Gasteiger partial charge in [-0.2, -0.15) is 0 Å². The maximum atomic E-state index is 14.0. The second-order valence-corrected chi connectivity index (χ2v) is 14.5. The first-order valence-electron chi connectivity index (χ1n) is 16.5. The average Bonchev–Trinajstić information content (AvgIpc) is 4.00. The summed E-state index contributed by atoms with van der Waals surface area (Å²) in [5, 5.41) is 0.558. The van der Waals surface area contributed by atoms with Gasteiger partial charge in [0.25, 0.3) is 15.6 Å². The number of hydrogen-bond acceptors (Lipinski definition) is 7. The van der Waals surface area contributed by atoms with Crippen LogP contribution in [0.15, 0.2) is 76.4 Å². The Morgan fingerprint density at radius 3 is 2.28 bits per heavy atom. The lowest BCUT2D eigenvalue weighted by molar-refractivity contribution is -0.132. The molecule has 1 saturated heterocycles. The van der Waals surface area contributed by atoms with Crippen molar-refractivity contribution >= 4 is 38.4 Å². The number of nitrogens with zero attached hydrogens (tertiary/aromatic N) is 4. The molecule has 4 aromatic rings. The molecular formula is C36H39N5O5S. The molecule has 0 spiro atoms. The summed E-state index contributed by atoms with van der Waals surface area (Å²) in [6, 6.07) is 20.0. The van der Waals surface area contributed by atoms with E-state index in [9.17, 15) is 22.8 Å². The van der Waals surface area contributed by atoms with Gasteiger partial charge in [0.1, 0.15) is 5.82 Å². The highest BCUT2D eigenvalue weighted by Crippen LogP contribution is 2.33. The van der Waals surface area contributed by atoms with Crippen molar-refractivity contribution in [1.29, 1.82) is 0 Å². The van der Waals surface area contributed by atoms with Crippen molar-refractivity contribution < 1.29 is 18.0 Å². The third-order valence-electron chi connectivity index (χ3n) is 9.34. The van der Waals surface area contributed by atoms with Gasteiger partial charge in [-0.05, 0) is 67.5 Å². The Hall–Kier alpha value is -4.51. The quantitative estimate of drug-likeness (QED) is 0.270. The number of nitrogens with one attached hydrogen (secondary N) is 1. The van der Waals surface area contributed by atoms with E-state index < -0.39 is 15.9 Å². The molecule has 2 saturated carbocycles. The number of aryl methyl sites for hydroxylation is 1. The molecule has 1 aliphatic heterocycles. The van der Waals surface area contributed by atoms with E-state index in [1.807, 2.05) is 47.4 Å². The summed E-state index contributed by atoms with van der Waals surface area (Å²) in [5.41, 5.74) is 3.59. The van der Waals surface area contributed by atoms with Gasteiger partial charge in [-0.15, -0.1) is 0 Å². The zero-order valence-corrected chi connectivity index (χ0v) is 27.3. The van der Waals surface area contributed by atoms with Crippen molar-refractivity contribution in [2.24, 2.45) is 11.8 Å². The number of benzene rings is 3. The number of piperazine rings is 1. The van der Waals surface area contributed by atoms with E-state index in [4.69, 9.17) is 4.98 Å². The summed E-state index contributed by atoms with van der Waals surface area (Å²) < 4.78 is 30.2. The number of hydrogen-bond donors (Lipinski definition) is 1. The van der Waals surface area contributed by atoms with Crippen LogP contribution in [0.25, 0.3) is 22.0 Å². The number of rotatable bonds is 10. The predicted molar refractivity (Wildman–Crippen MR) is 181 cm³/mol. The molecule has 3 aliphatic rings. The molecule has 2 aliphatic carbocycles. The highest BCUT2D eigenvalue weighted by Gasteiger charge is 2.35. The van der Waals surface area contributed by atoms with Crippen LogP contribution in [-0.4, -0.2) is 60.9 Å². The first-order chi connectivity index (χ1) is 22.7. The molecule has 0 bridgehead atoms. The Bertz CT molecular complexity index is 2010. The maximum absolute atomic E-state index is 14.0. The van der Waals surface area contributed by atoms with Gasteiger partial charge in [-0.1, -0.05) is 49.4 Å². The van der Waals surface area contributed by atoms with Crippen molar-refractivity contribution in [2.45, 2.75) is 56.9 Å². The number of aromatic nitrogens is 2. The zero-order valence-electron chi connectivity index (χ0n) is 26.5. The fourth-order valence-corrected chi connectivity index (χ4v) is 7.61. The second kappa shape index (κ2) is 12.6. The highest BCUT2D eigenvalue weighted by molar-refractivity contribution is 7.90. The maximum Gasteiger partial charge on any atom is 0.264 e. The molecule has 10 nitrogen and oxygen atoms in total. The number of amides is 2. The summed E-state index contributed by atoms with van der Waals surface area (Å²) in [6.07, 6.45) is 4.92. The molecule has 47 heavy (non-hydrogen) atoms. The third kappa shape index (κ3) is 6.54. The minimum atomic E-state index is -4.03. The van der Waals surface area contributed by atoms with Crippen molar-refractivity contribution in [3.05, 3.63) is 88.5 Å². The van der Waals surface area contributed by atoms with E-state index in [2.05, 4.69) is 16.5 Å². The normalized spacial score (nSPS) is 16.8. The minimum absolute atomic E-state index is 0.0497. The van der Waals surface area contributed by atoms with Gasteiger partial charge in [-0.3, -0.25) is 19.0 Å². The van der Waals surface area contributed by atoms with Gasteiger partial charge >= 0.3 is 0 Å². The Morgan fingerprint density at radius 2 is 1.60 bits per heavy atom. The van der Waals surface area contributed by atoms with Gasteiger partial charge in [0, 0.05) is 55.7 Å². The van der Waals surface area contributed by atoms with Crippen LogP contribution in [0.3, 0.4) is 0 Å². The lowest BCUT2D eigenvalue weighted by Crippen LogP contribution is -2.49. The first-order valence-corrected chi connectivity index (χ1v) is 18.0. The van der Waals surface area contributed by atoms with Crippen LogP contribution in [0.5, 0.6) is 0 Å². The monoisotopic (exact) mass is 653 g/mol. The van der Waals surface area contributed by atoms with E-state index >= 15 is 0 Å². The van der Waals surface area contributed by atoms with Crippen LogP contribution >= 0.6 is 0 Å². The van der Waals surface area contributed by atoms with Gasteiger partial charge in [0.2, 0.25) is 11.8 Å². The molecule has 2 amide bonds. The van der Waals surface area contributed by atoms with Crippen LogP contribution in [-0.2, 0) is 32.6 Å². The van der Waals surface area contributed by atoms with Gasteiger partial charge in [0.15, 0.2) is 0 Å². The molecular weight excluding hydrogens is 614 g/mol. The largest absolute Gasteiger partial charge is 0.368 e. The van der Waals surface area contributed by atoms with Crippen molar-refractivity contribution in [3.63, 3.8) is 0 Å². The standard InChI is InChI=1S/C36H39N5O5S/c1-2-5-33-37-31-17-16-28(39-18-20-40(21-19-39)35(43)27-14-15-27)22-30(31)36(44)41(33)23-24-8-10-25(11-9-24)29-6-3-4-7-32(29)47(45,46)38-34(42)26-12-13-26/h3-4,6-11,16-17,22,26-27H,2,5,12-15,18-21,23H2,1H3,(H,38,42). The minimum Gasteiger partial charge on any atom is -0.368 e. The van der Waals surface area contributed by atoms with E-state index in [1.54, 1.807) is 22.8 Å². The van der Waals surface area contributed by atoms with E-state index in [1.165, 1.54) is 6.07 Å². The van der Waals surface area contributed by atoms with E-state index in [0.29, 0.717) is 60.9 Å². The Labute approximate surface area is 274 Å². The second-order valence-electron chi connectivity index (χ2n) is 12.9. The van der Waals surface area contributed by atoms with Crippen LogP contribution in [0.4, 0.5) is 5.69 Å². The fourth-order valence-electron chi connectivity index (χ4n) is 6.33. The summed E-state index contributed by atoms with van der Waals surface area (Å²) in [7, 11) is -4.03. The number of carbonyl (C=O) groups is 2. The number of fused-ring (bicyclic) bond motifs is 1. The Kier molecular flexibility index (Phi) is 8.34. The van der Waals surface area contributed by atoms with Crippen LogP contribution in [0.1, 0.15) is 50.4 Å². The molecule has 11 heteroatoms. The van der Waals surface area contributed by atoms with Crippen molar-refractivity contribution in [1.82, 2.24) is 19.2 Å². The lowest BCUT2D eigenvalue weighted by Gasteiger charge is -2.36. The van der Waals surface area contributed by atoms with Crippen LogP contribution in [0.2, 0.25) is 0 Å². The van der Waals surface area contributed by atoms with E-state index in [0.717, 1.165) is 49.4 Å². The summed E-state index contributed by atoms with van der Waals surface area (Å²) in [4.78, 5) is 47.9. The lowest BCUT2D eigenvalue weighted by atomic mass is 10.0. The molecule has 3 aromatic carbocycles. The number of sulfonamides is 1. The van der Waals surface area contributed by atoms with Gasteiger partial charge in [-0.25, -0.2) is 18.1 Å². The highest BCUT2D eigenvalue weighted by atomic mass is 32.2. The molecule has 244 valence electrons. The predicted octanol–water partition coefficient (Wildman–Crippen LogP) is 4.34. The molecule has 0 atom stereocenters. The first kappa shape index (κ1) is 31.1. The molecule has 2 heterocycles. The third-order valence-corrected chi connectivity index (χ3v) is 10.7. The molecule has 1 aromatic heterocycles. The Morgan fingerprint density at radius 1 is 0.894 bits per heavy atom. The van der Waals surface area contributed by atoms with E-state index in [-0.39, 0.29) is 28.2 Å². The average molecular weight is 654 g/mol. The molecule has 7 rings (SSSR count). The smallest absolute Gasteiger partial charge is 0.264 e. The molecule has 0 unspecified atom stereocenters. The number of anilines is 1. The van der Waals surface area contributed by atoms with Crippen LogP contribution < -0.4 is 15.2 Å². The molecule has 0 radical (unpaired) electrons. The molecule has 3 fully saturated rings. The summed E-state index contributed by atoms with van der Waals surface area (Å²) in [6.45, 7) is 5.21. The zero-order chi connectivity index (χ0) is 32.7.